The highest BCUT2D eigenvalue weighted by atomic mass is 32.2. The number of hydrogen-bond acceptors (Lipinski definition) is 5. The first-order valence-electron chi connectivity index (χ1n) is 5.11. The second-order valence-electron chi connectivity index (χ2n) is 3.75. The van der Waals surface area contributed by atoms with Crippen LogP contribution >= 0.6 is 0 Å². The van der Waals surface area contributed by atoms with E-state index in [1.54, 1.807) is 29.1 Å². The van der Waals surface area contributed by atoms with E-state index in [4.69, 9.17) is 5.11 Å². The van der Waals surface area contributed by atoms with Gasteiger partial charge in [0.1, 0.15) is 6.10 Å². The molecule has 2 N–H and O–H groups in total. The predicted molar refractivity (Wildman–Crippen MR) is 58.0 cm³/mol. The van der Waals surface area contributed by atoms with Crippen LogP contribution in [0.1, 0.15) is 5.56 Å². The second kappa shape index (κ2) is 6.06. The number of aliphatic hydroxyl groups excluding tert-OH is 2. The lowest BCUT2D eigenvalue weighted by atomic mass is 10.2. The molecular weight excluding hydrogens is 246 g/mol. The molecule has 1 rings (SSSR count). The fourth-order valence-corrected chi connectivity index (χ4v) is 1.81. The molecule has 0 spiro atoms. The summed E-state index contributed by atoms with van der Waals surface area (Å²) in [5, 5.41) is 17.9. The molecule has 0 unspecified atom stereocenters. The van der Waals surface area contributed by atoms with Crippen molar-refractivity contribution < 1.29 is 27.8 Å². The number of aryl methyl sites for hydroxylation is 1. The molecule has 6 nitrogen and oxygen atoms in total. The molecule has 1 aromatic rings. The molecule has 0 aliphatic rings. The number of hydrogen-bond donors (Lipinski definition) is 2. The Morgan fingerprint density at radius 3 is 2.41 bits per heavy atom. The molecule has 1 heterocycles. The van der Waals surface area contributed by atoms with Gasteiger partial charge in [-0.1, -0.05) is 0 Å². The van der Waals surface area contributed by atoms with Crippen molar-refractivity contribution in [3.05, 3.63) is 30.1 Å². The van der Waals surface area contributed by atoms with E-state index in [1.807, 2.05) is 0 Å². The van der Waals surface area contributed by atoms with Crippen molar-refractivity contribution in [2.24, 2.45) is 0 Å². The summed E-state index contributed by atoms with van der Waals surface area (Å²) in [5.74, 6) is -0.420. The molecule has 17 heavy (non-hydrogen) atoms. The van der Waals surface area contributed by atoms with Crippen molar-refractivity contribution >= 4 is 10.1 Å². The van der Waals surface area contributed by atoms with E-state index in [1.165, 1.54) is 0 Å². The van der Waals surface area contributed by atoms with Crippen LogP contribution in [0.25, 0.3) is 0 Å². The SMILES string of the molecule is O=S(=O)([O-])CCc1cc[n+](C[C@@H](O)CO)cc1. The van der Waals surface area contributed by atoms with Gasteiger partial charge in [0.05, 0.1) is 16.7 Å². The molecule has 0 amide bonds. The standard InChI is InChI=1S/C10H15NO5S/c12-8-10(13)7-11-4-1-9(2-5-11)3-6-17(14,15)16/h1-2,4-5,10,12-13H,3,6-8H2/t10-/m1/s1. The topological polar surface area (TPSA) is 102 Å². The predicted octanol–water partition coefficient (Wildman–Crippen LogP) is -1.58. The van der Waals surface area contributed by atoms with Gasteiger partial charge in [0.2, 0.25) is 0 Å². The number of aliphatic hydroxyl groups is 2. The maximum absolute atomic E-state index is 10.4. The average molecular weight is 261 g/mol. The highest BCUT2D eigenvalue weighted by molar-refractivity contribution is 7.85. The summed E-state index contributed by atoms with van der Waals surface area (Å²) < 4.78 is 33.0. The lowest BCUT2D eigenvalue weighted by Crippen LogP contribution is -2.40. The van der Waals surface area contributed by atoms with Gasteiger partial charge in [-0.15, -0.1) is 0 Å². The molecule has 1 atom stereocenters. The third-order valence-corrected chi connectivity index (χ3v) is 2.94. The summed E-state index contributed by atoms with van der Waals surface area (Å²) in [7, 11) is -4.19. The van der Waals surface area contributed by atoms with Gasteiger partial charge in [-0.3, -0.25) is 0 Å². The minimum absolute atomic E-state index is 0.176. The van der Waals surface area contributed by atoms with Crippen LogP contribution in [-0.2, 0) is 23.1 Å². The zero-order valence-electron chi connectivity index (χ0n) is 9.19. The van der Waals surface area contributed by atoms with Crippen molar-refractivity contribution in [2.45, 2.75) is 19.1 Å². The first kappa shape index (κ1) is 14.0. The molecule has 0 saturated carbocycles. The van der Waals surface area contributed by atoms with E-state index in [9.17, 15) is 18.1 Å². The number of pyridine rings is 1. The molecule has 0 saturated heterocycles. The highest BCUT2D eigenvalue weighted by Crippen LogP contribution is 1.99. The van der Waals surface area contributed by atoms with Gasteiger partial charge in [-0.2, -0.15) is 0 Å². The normalized spacial score (nSPS) is 13.6. The van der Waals surface area contributed by atoms with Gasteiger partial charge in [-0.05, 0) is 12.0 Å². The average Bonchev–Trinajstić information content (AvgIpc) is 2.27. The summed E-state index contributed by atoms with van der Waals surface area (Å²) >= 11 is 0. The zero-order chi connectivity index (χ0) is 12.9. The van der Waals surface area contributed by atoms with E-state index < -0.39 is 22.0 Å². The van der Waals surface area contributed by atoms with E-state index >= 15 is 0 Å². The Balaban J connectivity index is 2.56. The summed E-state index contributed by atoms with van der Waals surface area (Å²) in [5.41, 5.74) is 0.735. The molecule has 0 bridgehead atoms. The third kappa shape index (κ3) is 5.73. The third-order valence-electron chi connectivity index (χ3n) is 2.23. The Labute approximate surface area is 99.9 Å². The van der Waals surface area contributed by atoms with E-state index in [0.717, 1.165) is 5.56 Å². The molecule has 0 radical (unpaired) electrons. The fourth-order valence-electron chi connectivity index (χ4n) is 1.32. The largest absolute Gasteiger partial charge is 0.748 e. The molecule has 0 aliphatic heterocycles. The van der Waals surface area contributed by atoms with E-state index in [-0.39, 0.29) is 19.6 Å². The van der Waals surface area contributed by atoms with Crippen molar-refractivity contribution in [3.63, 3.8) is 0 Å². The molecule has 7 heteroatoms. The van der Waals surface area contributed by atoms with Crippen LogP contribution in [0.15, 0.2) is 24.5 Å². The molecule has 1 aromatic heterocycles. The van der Waals surface area contributed by atoms with Crippen LogP contribution in [0.3, 0.4) is 0 Å². The van der Waals surface area contributed by atoms with Gasteiger partial charge < -0.3 is 14.8 Å². The molecule has 0 aliphatic carbocycles. The minimum Gasteiger partial charge on any atom is -0.748 e. The van der Waals surface area contributed by atoms with Crippen LogP contribution in [0.2, 0.25) is 0 Å². The van der Waals surface area contributed by atoms with Gasteiger partial charge >= 0.3 is 0 Å². The lowest BCUT2D eigenvalue weighted by Gasteiger charge is -2.06. The van der Waals surface area contributed by atoms with Gasteiger partial charge in [0, 0.05) is 17.9 Å². The van der Waals surface area contributed by atoms with Gasteiger partial charge in [0.25, 0.3) is 0 Å². The van der Waals surface area contributed by atoms with Crippen molar-refractivity contribution in [1.82, 2.24) is 0 Å². The Hall–Kier alpha value is -1.02. The van der Waals surface area contributed by atoms with Crippen LogP contribution in [0.4, 0.5) is 0 Å². The fraction of sp³-hybridized carbons (Fsp3) is 0.500. The van der Waals surface area contributed by atoms with Crippen molar-refractivity contribution in [3.8, 4) is 0 Å². The maximum atomic E-state index is 10.4. The zero-order valence-corrected chi connectivity index (χ0v) is 10.0. The molecule has 0 aromatic carbocycles. The minimum atomic E-state index is -4.19. The van der Waals surface area contributed by atoms with Crippen LogP contribution in [0, 0.1) is 0 Å². The lowest BCUT2D eigenvalue weighted by molar-refractivity contribution is -0.703. The molecule has 96 valence electrons. The van der Waals surface area contributed by atoms with Crippen LogP contribution in [0.5, 0.6) is 0 Å². The smallest absolute Gasteiger partial charge is 0.176 e. The van der Waals surface area contributed by atoms with Crippen molar-refractivity contribution in [1.29, 1.82) is 0 Å². The van der Waals surface area contributed by atoms with Gasteiger partial charge in [0.15, 0.2) is 18.9 Å². The number of aromatic nitrogens is 1. The summed E-state index contributed by atoms with van der Waals surface area (Å²) in [4.78, 5) is 0. The number of rotatable bonds is 6. The van der Waals surface area contributed by atoms with Crippen molar-refractivity contribution in [2.75, 3.05) is 12.4 Å². The first-order chi connectivity index (χ1) is 7.90. The Morgan fingerprint density at radius 2 is 1.94 bits per heavy atom. The molecular formula is C10H15NO5S. The van der Waals surface area contributed by atoms with E-state index in [2.05, 4.69) is 0 Å². The van der Waals surface area contributed by atoms with Gasteiger partial charge in [-0.25, -0.2) is 13.0 Å². The quantitative estimate of drug-likeness (QED) is 0.475. The number of nitrogens with zero attached hydrogens (tertiary/aromatic N) is 1. The summed E-state index contributed by atoms with van der Waals surface area (Å²) in [6, 6.07) is 3.35. The summed E-state index contributed by atoms with van der Waals surface area (Å²) in [6.07, 6.45) is 2.67. The monoisotopic (exact) mass is 261 g/mol. The first-order valence-corrected chi connectivity index (χ1v) is 6.69. The Kier molecular flexibility index (Phi) is 5.01. The summed E-state index contributed by atoms with van der Waals surface area (Å²) in [6.45, 7) is -0.0557. The molecule has 0 fully saturated rings. The van der Waals surface area contributed by atoms with Crippen LogP contribution < -0.4 is 4.57 Å². The van der Waals surface area contributed by atoms with E-state index in [0.29, 0.717) is 0 Å². The Bertz CT molecular complexity index is 442. The van der Waals surface area contributed by atoms with Crippen LogP contribution in [-0.4, -0.2) is 41.6 Å². The highest BCUT2D eigenvalue weighted by Gasteiger charge is 2.09. The second-order valence-corrected chi connectivity index (χ2v) is 5.27. The Morgan fingerprint density at radius 1 is 1.35 bits per heavy atom. The maximum Gasteiger partial charge on any atom is 0.176 e.